The summed E-state index contributed by atoms with van der Waals surface area (Å²) in [6.07, 6.45) is 1.62. The van der Waals surface area contributed by atoms with Gasteiger partial charge in [0.25, 0.3) is 0 Å². The van der Waals surface area contributed by atoms with Gasteiger partial charge in [0.1, 0.15) is 11.6 Å². The Morgan fingerprint density at radius 3 is 2.91 bits per heavy atom. The molecule has 0 saturated carbocycles. The van der Waals surface area contributed by atoms with Crippen LogP contribution in [0.3, 0.4) is 0 Å². The third-order valence-corrected chi connectivity index (χ3v) is 4.78. The molecular weight excluding hydrogens is 307 g/mol. The molecule has 2 amide bonds. The van der Waals surface area contributed by atoms with Crippen LogP contribution in [0.15, 0.2) is 29.2 Å². The van der Waals surface area contributed by atoms with Crippen molar-refractivity contribution < 1.29 is 18.2 Å². The minimum Gasteiger partial charge on any atom is -0.352 e. The molecule has 1 N–H and O–H groups in total. The second kappa shape index (κ2) is 7.49. The molecule has 0 aliphatic carbocycles. The number of nitrogens with one attached hydrogen (secondary N) is 1. The zero-order valence-corrected chi connectivity index (χ0v) is 13.2. The van der Waals surface area contributed by atoms with Crippen LogP contribution < -0.4 is 5.32 Å². The van der Waals surface area contributed by atoms with E-state index in [2.05, 4.69) is 5.32 Å². The van der Waals surface area contributed by atoms with Crippen LogP contribution in [0, 0.1) is 5.82 Å². The molecule has 1 aromatic carbocycles. The summed E-state index contributed by atoms with van der Waals surface area (Å²) in [6.45, 7) is 2.47. The molecule has 0 spiro atoms. The molecule has 5 nitrogen and oxygen atoms in total. The molecule has 0 radical (unpaired) electrons. The maximum Gasteiger partial charge on any atom is 0.235 e. The van der Waals surface area contributed by atoms with Crippen molar-refractivity contribution in [3.8, 4) is 0 Å². The van der Waals surface area contributed by atoms with Gasteiger partial charge >= 0.3 is 0 Å². The van der Waals surface area contributed by atoms with Crippen LogP contribution in [0.25, 0.3) is 0 Å². The smallest absolute Gasteiger partial charge is 0.235 e. The van der Waals surface area contributed by atoms with Gasteiger partial charge in [-0.15, -0.1) is 0 Å². The van der Waals surface area contributed by atoms with E-state index in [9.17, 15) is 18.2 Å². The average Bonchev–Trinajstić information content (AvgIpc) is 2.46. The predicted octanol–water partition coefficient (Wildman–Crippen LogP) is 1.06. The summed E-state index contributed by atoms with van der Waals surface area (Å²) in [5.74, 6) is -1.00. The van der Waals surface area contributed by atoms with E-state index in [1.165, 1.54) is 25.1 Å². The lowest BCUT2D eigenvalue weighted by molar-refractivity contribution is -0.130. The fourth-order valence-corrected chi connectivity index (χ4v) is 3.55. The van der Waals surface area contributed by atoms with E-state index in [4.69, 9.17) is 0 Å². The molecule has 1 aliphatic rings. The molecule has 120 valence electrons. The second-order valence-corrected chi connectivity index (χ2v) is 6.78. The molecule has 1 aliphatic heterocycles. The topological polar surface area (TPSA) is 66.5 Å². The Hall–Kier alpha value is -1.76. The van der Waals surface area contributed by atoms with E-state index < -0.39 is 16.6 Å². The molecule has 2 atom stereocenters. The lowest BCUT2D eigenvalue weighted by atomic mass is 10.1. The summed E-state index contributed by atoms with van der Waals surface area (Å²) < 4.78 is 25.3. The Bertz CT molecular complexity index is 594. The van der Waals surface area contributed by atoms with Gasteiger partial charge in [0.2, 0.25) is 11.8 Å². The Morgan fingerprint density at radius 1 is 1.45 bits per heavy atom. The van der Waals surface area contributed by atoms with Crippen molar-refractivity contribution >= 4 is 22.6 Å². The summed E-state index contributed by atoms with van der Waals surface area (Å²) in [7, 11) is -1.57. The molecule has 22 heavy (non-hydrogen) atoms. The maximum absolute atomic E-state index is 13.1. The summed E-state index contributed by atoms with van der Waals surface area (Å²) >= 11 is 0. The average molecular weight is 326 g/mol. The largest absolute Gasteiger partial charge is 0.352 e. The highest BCUT2D eigenvalue weighted by atomic mass is 32.2. The lowest BCUT2D eigenvalue weighted by Gasteiger charge is -2.33. The summed E-state index contributed by atoms with van der Waals surface area (Å²) in [5, 5.41) is 2.80. The SMILES string of the molecule is CC(=O)NC1CCCN(C(=O)CS(=O)c2cccc(F)c2)C1. The molecule has 2 unspecified atom stereocenters. The van der Waals surface area contributed by atoms with E-state index in [-0.39, 0.29) is 23.6 Å². The number of piperidine rings is 1. The van der Waals surface area contributed by atoms with Gasteiger partial charge in [-0.05, 0) is 31.0 Å². The standard InChI is InChI=1S/C15H19FN2O3S/c1-11(19)17-13-5-3-7-18(9-13)15(20)10-22(21)14-6-2-4-12(16)8-14/h2,4,6,8,13H,3,5,7,9-10H2,1H3,(H,17,19). The van der Waals surface area contributed by atoms with Crippen molar-refractivity contribution in [2.24, 2.45) is 0 Å². The number of amides is 2. The van der Waals surface area contributed by atoms with Gasteiger partial charge in [-0.25, -0.2) is 4.39 Å². The monoisotopic (exact) mass is 326 g/mol. The third-order valence-electron chi connectivity index (χ3n) is 3.50. The first-order valence-corrected chi connectivity index (χ1v) is 8.46. The highest BCUT2D eigenvalue weighted by molar-refractivity contribution is 7.85. The predicted molar refractivity (Wildman–Crippen MR) is 81.1 cm³/mol. The van der Waals surface area contributed by atoms with Crippen LogP contribution >= 0.6 is 0 Å². The third kappa shape index (κ3) is 4.62. The van der Waals surface area contributed by atoms with Gasteiger partial charge in [0.05, 0.1) is 10.8 Å². The van der Waals surface area contributed by atoms with Gasteiger partial charge in [0, 0.05) is 31.0 Å². The van der Waals surface area contributed by atoms with Gasteiger partial charge in [-0.1, -0.05) is 6.07 Å². The number of benzene rings is 1. The first kappa shape index (κ1) is 16.6. The molecule has 1 aromatic rings. The minimum absolute atomic E-state index is 0.0576. The van der Waals surface area contributed by atoms with Gasteiger partial charge in [0.15, 0.2) is 0 Å². The molecular formula is C15H19FN2O3S. The summed E-state index contributed by atoms with van der Waals surface area (Å²) in [5.41, 5.74) is 0. The van der Waals surface area contributed by atoms with Crippen LogP contribution in [-0.2, 0) is 20.4 Å². The fourth-order valence-electron chi connectivity index (χ4n) is 2.50. The van der Waals surface area contributed by atoms with E-state index >= 15 is 0 Å². The molecule has 1 saturated heterocycles. The van der Waals surface area contributed by atoms with Crippen molar-refractivity contribution in [3.05, 3.63) is 30.1 Å². The number of likely N-dealkylation sites (tertiary alicyclic amines) is 1. The van der Waals surface area contributed by atoms with Crippen LogP contribution in [0.5, 0.6) is 0 Å². The highest BCUT2D eigenvalue weighted by Gasteiger charge is 2.25. The van der Waals surface area contributed by atoms with Crippen LogP contribution in [0.2, 0.25) is 0 Å². The summed E-state index contributed by atoms with van der Waals surface area (Å²) in [4.78, 5) is 25.2. The van der Waals surface area contributed by atoms with Gasteiger partial charge < -0.3 is 10.2 Å². The zero-order chi connectivity index (χ0) is 16.1. The van der Waals surface area contributed by atoms with Crippen LogP contribution in [-0.4, -0.2) is 45.8 Å². The Labute approximate surface area is 131 Å². The number of carbonyl (C=O) groups is 2. The fraction of sp³-hybridized carbons (Fsp3) is 0.467. The quantitative estimate of drug-likeness (QED) is 0.900. The van der Waals surface area contributed by atoms with Crippen molar-refractivity contribution in [2.45, 2.75) is 30.7 Å². The number of hydrogen-bond donors (Lipinski definition) is 1. The number of nitrogens with zero attached hydrogens (tertiary/aromatic N) is 1. The summed E-state index contributed by atoms with van der Waals surface area (Å²) in [6, 6.07) is 5.41. The first-order valence-electron chi connectivity index (χ1n) is 7.14. The van der Waals surface area contributed by atoms with Crippen molar-refractivity contribution in [1.82, 2.24) is 10.2 Å². The highest BCUT2D eigenvalue weighted by Crippen LogP contribution is 2.13. The van der Waals surface area contributed by atoms with Crippen molar-refractivity contribution in [1.29, 1.82) is 0 Å². The number of rotatable bonds is 4. The number of carbonyl (C=O) groups excluding carboxylic acids is 2. The normalized spacial score (nSPS) is 19.5. The van der Waals surface area contributed by atoms with Crippen molar-refractivity contribution in [2.75, 3.05) is 18.8 Å². The maximum atomic E-state index is 13.1. The van der Waals surface area contributed by atoms with Crippen LogP contribution in [0.1, 0.15) is 19.8 Å². The molecule has 2 rings (SSSR count). The molecule has 0 bridgehead atoms. The van der Waals surface area contributed by atoms with E-state index in [0.29, 0.717) is 18.0 Å². The van der Waals surface area contributed by atoms with Crippen molar-refractivity contribution in [3.63, 3.8) is 0 Å². The van der Waals surface area contributed by atoms with E-state index in [1.54, 1.807) is 11.0 Å². The number of halogens is 1. The second-order valence-electron chi connectivity index (χ2n) is 5.33. The zero-order valence-electron chi connectivity index (χ0n) is 12.4. The number of hydrogen-bond acceptors (Lipinski definition) is 3. The molecule has 1 fully saturated rings. The molecule has 7 heteroatoms. The Balaban J connectivity index is 1.93. The van der Waals surface area contributed by atoms with E-state index in [1.807, 2.05) is 0 Å². The first-order chi connectivity index (χ1) is 10.5. The van der Waals surface area contributed by atoms with Gasteiger partial charge in [-0.2, -0.15) is 0 Å². The Kier molecular flexibility index (Phi) is 5.65. The lowest BCUT2D eigenvalue weighted by Crippen LogP contribution is -2.50. The van der Waals surface area contributed by atoms with E-state index in [0.717, 1.165) is 12.8 Å². The van der Waals surface area contributed by atoms with Crippen LogP contribution in [0.4, 0.5) is 4.39 Å². The molecule has 0 aromatic heterocycles. The van der Waals surface area contributed by atoms with Gasteiger partial charge in [-0.3, -0.25) is 13.8 Å². The molecule has 1 heterocycles. The minimum atomic E-state index is -1.57. The Morgan fingerprint density at radius 2 is 2.23 bits per heavy atom.